The summed E-state index contributed by atoms with van der Waals surface area (Å²) in [7, 11) is 1.55. The van der Waals surface area contributed by atoms with Gasteiger partial charge < -0.3 is 19.5 Å². The molecule has 2 aromatic heterocycles. The Balaban J connectivity index is 1.56. The summed E-state index contributed by atoms with van der Waals surface area (Å²) >= 11 is 0. The van der Waals surface area contributed by atoms with Gasteiger partial charge in [-0.1, -0.05) is 5.21 Å². The van der Waals surface area contributed by atoms with E-state index in [-0.39, 0.29) is 12.4 Å². The molecule has 2 aliphatic heterocycles. The standard InChI is InChI=1S/C20H18N8O3/c1-30-19-15(31-11-16-24-26-27-25-16)5-4-13-18(19)23-17(28-8-7-22-20(13)28)9-14(29)12-3-2-6-21-10-12/h2-6,9-10,29H,7-8,11H2,1H3,(H,24,25,26,27). The van der Waals surface area contributed by atoms with Crippen molar-refractivity contribution in [3.05, 3.63) is 59.7 Å². The Morgan fingerprint density at radius 3 is 3.03 bits per heavy atom. The summed E-state index contributed by atoms with van der Waals surface area (Å²) < 4.78 is 11.5. The third-order valence-corrected chi connectivity index (χ3v) is 4.85. The fourth-order valence-corrected chi connectivity index (χ4v) is 3.45. The fourth-order valence-electron chi connectivity index (χ4n) is 3.45. The first-order chi connectivity index (χ1) is 15.2. The van der Waals surface area contributed by atoms with Gasteiger partial charge in [-0.15, -0.1) is 10.2 Å². The molecular formula is C20H18N8O3. The number of fused-ring (bicyclic) bond motifs is 3. The molecule has 0 unspecified atom stereocenters. The van der Waals surface area contributed by atoms with Crippen LogP contribution in [0.1, 0.15) is 17.0 Å². The predicted molar refractivity (Wildman–Crippen MR) is 112 cm³/mol. The van der Waals surface area contributed by atoms with Gasteiger partial charge in [0, 0.05) is 36.1 Å². The second kappa shape index (κ2) is 7.86. The maximum absolute atomic E-state index is 10.6. The van der Waals surface area contributed by atoms with E-state index in [1.54, 1.807) is 43.8 Å². The van der Waals surface area contributed by atoms with Crippen molar-refractivity contribution in [3.8, 4) is 11.5 Å². The fraction of sp³-hybridized carbons (Fsp3) is 0.200. The van der Waals surface area contributed by atoms with Crippen LogP contribution in [-0.2, 0) is 6.61 Å². The van der Waals surface area contributed by atoms with E-state index < -0.39 is 0 Å². The molecule has 0 amide bonds. The van der Waals surface area contributed by atoms with Gasteiger partial charge >= 0.3 is 0 Å². The Morgan fingerprint density at radius 1 is 1.32 bits per heavy atom. The van der Waals surface area contributed by atoms with Crippen LogP contribution in [0.2, 0.25) is 0 Å². The lowest BCUT2D eigenvalue weighted by Crippen LogP contribution is -2.36. The normalized spacial score (nSPS) is 15.1. The Hall–Kier alpha value is -4.28. The van der Waals surface area contributed by atoms with E-state index in [0.717, 1.165) is 11.4 Å². The van der Waals surface area contributed by atoms with E-state index >= 15 is 0 Å². The number of nitrogens with zero attached hydrogens (tertiary/aromatic N) is 7. The zero-order valence-electron chi connectivity index (χ0n) is 16.6. The number of H-pyrrole nitrogens is 1. The minimum absolute atomic E-state index is 0.0602. The summed E-state index contributed by atoms with van der Waals surface area (Å²) in [6.07, 6.45) is 4.84. The molecule has 0 spiro atoms. The van der Waals surface area contributed by atoms with Crippen molar-refractivity contribution in [2.24, 2.45) is 9.98 Å². The molecule has 2 N–H and O–H groups in total. The lowest BCUT2D eigenvalue weighted by atomic mass is 10.1. The Kier molecular flexibility index (Phi) is 4.75. The monoisotopic (exact) mass is 418 g/mol. The highest BCUT2D eigenvalue weighted by atomic mass is 16.5. The highest BCUT2D eigenvalue weighted by Crippen LogP contribution is 2.43. The molecule has 11 heteroatoms. The Morgan fingerprint density at radius 2 is 2.26 bits per heavy atom. The summed E-state index contributed by atoms with van der Waals surface area (Å²) in [4.78, 5) is 15.4. The van der Waals surface area contributed by atoms with Crippen molar-refractivity contribution in [2.75, 3.05) is 20.2 Å². The molecule has 2 aliphatic rings. The molecule has 0 fully saturated rings. The zero-order valence-corrected chi connectivity index (χ0v) is 16.6. The topological polar surface area (TPSA) is 134 Å². The van der Waals surface area contributed by atoms with Crippen molar-refractivity contribution >= 4 is 23.1 Å². The van der Waals surface area contributed by atoms with Crippen LogP contribution in [-0.4, -0.2) is 67.5 Å². The summed E-state index contributed by atoms with van der Waals surface area (Å²) in [5.74, 6) is 2.75. The van der Waals surface area contributed by atoms with Gasteiger partial charge in [-0.05, 0) is 24.3 Å². The van der Waals surface area contributed by atoms with Crippen LogP contribution < -0.4 is 9.47 Å². The number of rotatable bonds is 6. The number of amidine groups is 2. The number of methoxy groups -OCH3 is 1. The molecule has 1 aromatic carbocycles. The first-order valence-corrected chi connectivity index (χ1v) is 9.53. The number of benzene rings is 1. The zero-order chi connectivity index (χ0) is 21.2. The Bertz CT molecular complexity index is 1190. The van der Waals surface area contributed by atoms with Crippen LogP contribution in [0.5, 0.6) is 11.5 Å². The van der Waals surface area contributed by atoms with Gasteiger partial charge in [-0.2, -0.15) is 5.21 Å². The molecule has 0 saturated heterocycles. The number of pyridine rings is 1. The molecule has 0 aliphatic carbocycles. The van der Waals surface area contributed by atoms with Crippen LogP contribution >= 0.6 is 0 Å². The second-order valence-corrected chi connectivity index (χ2v) is 6.71. The van der Waals surface area contributed by atoms with Crippen molar-refractivity contribution in [1.29, 1.82) is 0 Å². The van der Waals surface area contributed by atoms with Crippen LogP contribution in [0.3, 0.4) is 0 Å². The van der Waals surface area contributed by atoms with E-state index in [1.807, 2.05) is 11.0 Å². The maximum atomic E-state index is 10.6. The average Bonchev–Trinajstić information content (AvgIpc) is 3.50. The van der Waals surface area contributed by atoms with Gasteiger partial charge in [0.05, 0.1) is 13.7 Å². The van der Waals surface area contributed by atoms with Gasteiger partial charge in [0.1, 0.15) is 23.1 Å². The number of hydrogen-bond acceptors (Lipinski definition) is 10. The van der Waals surface area contributed by atoms with Gasteiger partial charge in [0.15, 0.2) is 18.1 Å². The third kappa shape index (κ3) is 3.45. The third-order valence-electron chi connectivity index (χ3n) is 4.85. The van der Waals surface area contributed by atoms with E-state index in [2.05, 4.69) is 30.6 Å². The molecule has 0 saturated carbocycles. The summed E-state index contributed by atoms with van der Waals surface area (Å²) in [6, 6.07) is 7.24. The first kappa shape index (κ1) is 18.7. The minimum Gasteiger partial charge on any atom is -0.507 e. The molecule has 0 radical (unpaired) electrons. The number of aliphatic hydroxyl groups is 1. The molecule has 5 rings (SSSR count). The molecule has 0 atom stereocenters. The van der Waals surface area contributed by atoms with Crippen molar-refractivity contribution in [3.63, 3.8) is 0 Å². The largest absolute Gasteiger partial charge is 0.507 e. The summed E-state index contributed by atoms with van der Waals surface area (Å²) in [5.41, 5.74) is 2.01. The SMILES string of the molecule is COc1c(OCc2nn[nH]n2)ccc2c1N=C(C=C(O)c1cccnc1)N1CCN=C21. The molecule has 31 heavy (non-hydrogen) atoms. The molecule has 3 aromatic rings. The number of tetrazole rings is 1. The predicted octanol–water partition coefficient (Wildman–Crippen LogP) is 1.89. The van der Waals surface area contributed by atoms with Crippen molar-refractivity contribution in [1.82, 2.24) is 30.5 Å². The number of aromatic nitrogens is 5. The number of hydrogen-bond donors (Lipinski definition) is 2. The van der Waals surface area contributed by atoms with E-state index in [1.165, 1.54) is 0 Å². The highest BCUT2D eigenvalue weighted by molar-refractivity contribution is 6.20. The first-order valence-electron chi connectivity index (χ1n) is 9.53. The van der Waals surface area contributed by atoms with Crippen molar-refractivity contribution in [2.45, 2.75) is 6.61 Å². The number of aromatic amines is 1. The Labute approximate surface area is 176 Å². The van der Waals surface area contributed by atoms with Crippen LogP contribution in [0.4, 0.5) is 5.69 Å². The minimum atomic E-state index is 0.0602. The quantitative estimate of drug-likeness (QED) is 0.580. The van der Waals surface area contributed by atoms with E-state index in [9.17, 15) is 5.11 Å². The van der Waals surface area contributed by atoms with Crippen LogP contribution in [0, 0.1) is 0 Å². The highest BCUT2D eigenvalue weighted by Gasteiger charge is 2.32. The van der Waals surface area contributed by atoms with Gasteiger partial charge in [0.2, 0.25) is 5.82 Å². The van der Waals surface area contributed by atoms with E-state index in [0.29, 0.717) is 47.5 Å². The molecule has 156 valence electrons. The molecule has 4 heterocycles. The average molecular weight is 418 g/mol. The lowest BCUT2D eigenvalue weighted by molar-refractivity contribution is 0.277. The number of nitrogens with one attached hydrogen (secondary N) is 1. The van der Waals surface area contributed by atoms with Gasteiger partial charge in [-0.25, -0.2) is 4.99 Å². The number of aliphatic imine (C=N–C) groups is 2. The van der Waals surface area contributed by atoms with Gasteiger partial charge in [-0.3, -0.25) is 9.98 Å². The molecule has 11 nitrogen and oxygen atoms in total. The van der Waals surface area contributed by atoms with E-state index in [4.69, 9.17) is 14.5 Å². The molecular weight excluding hydrogens is 400 g/mol. The molecule has 0 bridgehead atoms. The van der Waals surface area contributed by atoms with Crippen LogP contribution in [0.25, 0.3) is 5.76 Å². The lowest BCUT2D eigenvalue weighted by Gasteiger charge is -2.27. The smallest absolute Gasteiger partial charge is 0.211 e. The van der Waals surface area contributed by atoms with Gasteiger partial charge in [0.25, 0.3) is 0 Å². The second-order valence-electron chi connectivity index (χ2n) is 6.71. The summed E-state index contributed by atoms with van der Waals surface area (Å²) in [5, 5.41) is 24.3. The van der Waals surface area contributed by atoms with Crippen molar-refractivity contribution < 1.29 is 14.6 Å². The summed E-state index contributed by atoms with van der Waals surface area (Å²) in [6.45, 7) is 1.42. The maximum Gasteiger partial charge on any atom is 0.211 e. The number of ether oxygens (including phenoxy) is 2. The number of aliphatic hydroxyl groups excluding tert-OH is 1. The van der Waals surface area contributed by atoms with Crippen LogP contribution in [0.15, 0.2) is 52.7 Å².